The van der Waals surface area contributed by atoms with Crippen molar-refractivity contribution in [2.45, 2.75) is 20.4 Å². The van der Waals surface area contributed by atoms with Crippen molar-refractivity contribution < 1.29 is 9.59 Å². The molecule has 1 N–H and O–H groups in total. The van der Waals surface area contributed by atoms with Gasteiger partial charge < -0.3 is 5.32 Å². The van der Waals surface area contributed by atoms with Crippen molar-refractivity contribution in [3.05, 3.63) is 100.0 Å². The molecule has 0 aliphatic carbocycles. The van der Waals surface area contributed by atoms with Crippen molar-refractivity contribution >= 4 is 34.7 Å². The van der Waals surface area contributed by atoms with Crippen LogP contribution in [-0.2, 0) is 16.1 Å². The van der Waals surface area contributed by atoms with Crippen molar-refractivity contribution in [1.29, 1.82) is 0 Å². The minimum Gasteiger partial charge on any atom is -0.350 e. The molecule has 4 rings (SSSR count). The molecular weight excluding hydrogens is 398 g/mol. The van der Waals surface area contributed by atoms with E-state index in [4.69, 9.17) is 11.6 Å². The Balaban J connectivity index is 1.77. The molecule has 0 saturated heterocycles. The fraction of sp³-hybridized carbons (Fsp3) is 0.125. The number of benzene rings is 2. The molecular formula is C24H20ClN3O2. The number of carbonyl (C=O) groups is 2. The Kier molecular flexibility index (Phi) is 5.38. The highest BCUT2D eigenvalue weighted by atomic mass is 35.5. The highest BCUT2D eigenvalue weighted by Crippen LogP contribution is 2.33. The van der Waals surface area contributed by atoms with Crippen LogP contribution in [0.4, 0.5) is 5.69 Å². The molecule has 5 nitrogen and oxygen atoms in total. The molecule has 0 fully saturated rings. The Bertz CT molecular complexity index is 1150. The lowest BCUT2D eigenvalue weighted by atomic mass is 10.0. The van der Waals surface area contributed by atoms with E-state index in [0.717, 1.165) is 16.7 Å². The Hall–Kier alpha value is -3.44. The van der Waals surface area contributed by atoms with Gasteiger partial charge in [-0.25, -0.2) is 0 Å². The third-order valence-electron chi connectivity index (χ3n) is 5.06. The SMILES string of the molecule is Cc1ccc(C2=C(Nc3cc(Cl)ccc3C)C(=O)N(Cc3ccncc3)C2=O)cc1. The largest absolute Gasteiger partial charge is 0.350 e. The van der Waals surface area contributed by atoms with Gasteiger partial charge in [-0.1, -0.05) is 47.5 Å². The maximum absolute atomic E-state index is 13.3. The molecule has 0 unspecified atom stereocenters. The average molecular weight is 418 g/mol. The molecule has 6 heteroatoms. The molecule has 0 bridgehead atoms. The summed E-state index contributed by atoms with van der Waals surface area (Å²) >= 11 is 6.15. The Morgan fingerprint density at radius 2 is 1.63 bits per heavy atom. The van der Waals surface area contributed by atoms with E-state index in [0.29, 0.717) is 21.8 Å². The quantitative estimate of drug-likeness (QED) is 0.609. The number of rotatable bonds is 5. The lowest BCUT2D eigenvalue weighted by Gasteiger charge is -2.15. The predicted molar refractivity (Wildman–Crippen MR) is 118 cm³/mol. The number of amides is 2. The van der Waals surface area contributed by atoms with Gasteiger partial charge in [-0.2, -0.15) is 0 Å². The van der Waals surface area contributed by atoms with Crippen LogP contribution in [0, 0.1) is 13.8 Å². The molecule has 0 saturated carbocycles. The van der Waals surface area contributed by atoms with E-state index < -0.39 is 0 Å². The summed E-state index contributed by atoms with van der Waals surface area (Å²) < 4.78 is 0. The van der Waals surface area contributed by atoms with Gasteiger partial charge >= 0.3 is 0 Å². The Labute approximate surface area is 180 Å². The third-order valence-corrected chi connectivity index (χ3v) is 5.29. The lowest BCUT2D eigenvalue weighted by molar-refractivity contribution is -0.137. The number of imide groups is 1. The fourth-order valence-corrected chi connectivity index (χ4v) is 3.53. The van der Waals surface area contributed by atoms with Crippen LogP contribution in [0.3, 0.4) is 0 Å². The van der Waals surface area contributed by atoms with Gasteiger partial charge in [-0.05, 0) is 54.8 Å². The normalized spacial score (nSPS) is 13.9. The monoisotopic (exact) mass is 417 g/mol. The number of carbonyl (C=O) groups excluding carboxylic acids is 2. The summed E-state index contributed by atoms with van der Waals surface area (Å²) in [6, 6.07) is 16.6. The molecule has 3 aromatic rings. The molecule has 0 atom stereocenters. The third kappa shape index (κ3) is 3.84. The summed E-state index contributed by atoms with van der Waals surface area (Å²) in [6.07, 6.45) is 3.28. The topological polar surface area (TPSA) is 62.3 Å². The summed E-state index contributed by atoms with van der Waals surface area (Å²) in [5.41, 5.74) is 4.81. The minimum atomic E-state index is -0.369. The first-order valence-corrected chi connectivity index (χ1v) is 9.91. The van der Waals surface area contributed by atoms with Gasteiger partial charge in [0.2, 0.25) is 0 Å². The van der Waals surface area contributed by atoms with Crippen molar-refractivity contribution in [2.24, 2.45) is 0 Å². The highest BCUT2D eigenvalue weighted by molar-refractivity contribution is 6.36. The first-order valence-electron chi connectivity index (χ1n) is 9.53. The smallest absolute Gasteiger partial charge is 0.278 e. The van der Waals surface area contributed by atoms with Crippen LogP contribution in [0.5, 0.6) is 0 Å². The zero-order valence-electron chi connectivity index (χ0n) is 16.6. The van der Waals surface area contributed by atoms with Crippen LogP contribution >= 0.6 is 11.6 Å². The molecule has 30 heavy (non-hydrogen) atoms. The second kappa shape index (κ2) is 8.13. The van der Waals surface area contributed by atoms with Crippen LogP contribution < -0.4 is 5.32 Å². The maximum atomic E-state index is 13.3. The first kappa shape index (κ1) is 19.9. The number of hydrogen-bond donors (Lipinski definition) is 1. The molecule has 2 heterocycles. The number of hydrogen-bond acceptors (Lipinski definition) is 4. The number of anilines is 1. The number of nitrogens with one attached hydrogen (secondary N) is 1. The molecule has 2 amide bonds. The lowest BCUT2D eigenvalue weighted by Crippen LogP contribution is -2.32. The van der Waals surface area contributed by atoms with E-state index in [1.165, 1.54) is 4.90 Å². The van der Waals surface area contributed by atoms with Crippen molar-refractivity contribution in [3.8, 4) is 0 Å². The number of nitrogens with zero attached hydrogens (tertiary/aromatic N) is 2. The van der Waals surface area contributed by atoms with Crippen LogP contribution in [-0.4, -0.2) is 21.7 Å². The number of pyridine rings is 1. The summed E-state index contributed by atoms with van der Waals surface area (Å²) in [6.45, 7) is 4.07. The van der Waals surface area contributed by atoms with Gasteiger partial charge in [-0.3, -0.25) is 19.5 Å². The average Bonchev–Trinajstić information content (AvgIpc) is 2.96. The van der Waals surface area contributed by atoms with Gasteiger partial charge in [0.25, 0.3) is 11.8 Å². The van der Waals surface area contributed by atoms with Crippen molar-refractivity contribution in [1.82, 2.24) is 9.88 Å². The van der Waals surface area contributed by atoms with E-state index in [2.05, 4.69) is 10.3 Å². The van der Waals surface area contributed by atoms with Crippen LogP contribution in [0.2, 0.25) is 5.02 Å². The highest BCUT2D eigenvalue weighted by Gasteiger charge is 2.39. The number of aryl methyl sites for hydroxylation is 2. The van der Waals surface area contributed by atoms with Gasteiger partial charge in [0.1, 0.15) is 5.70 Å². The minimum absolute atomic E-state index is 0.176. The zero-order valence-corrected chi connectivity index (χ0v) is 17.4. The Morgan fingerprint density at radius 1 is 0.933 bits per heavy atom. The second-order valence-corrected chi connectivity index (χ2v) is 7.69. The number of halogens is 1. The molecule has 2 aromatic carbocycles. The molecule has 1 aliphatic heterocycles. The van der Waals surface area contributed by atoms with E-state index in [1.807, 2.05) is 44.2 Å². The molecule has 1 aromatic heterocycles. The summed E-state index contributed by atoms with van der Waals surface area (Å²) in [4.78, 5) is 31.9. The maximum Gasteiger partial charge on any atom is 0.278 e. The van der Waals surface area contributed by atoms with E-state index in [9.17, 15) is 9.59 Å². The van der Waals surface area contributed by atoms with Crippen molar-refractivity contribution in [2.75, 3.05) is 5.32 Å². The standard InChI is InChI=1S/C24H20ClN3O2/c1-15-3-6-18(7-4-15)21-22(27-20-13-19(25)8-5-16(20)2)24(30)28(23(21)29)14-17-9-11-26-12-10-17/h3-13,27H,14H2,1-2H3. The van der Waals surface area contributed by atoms with Crippen LogP contribution in [0.25, 0.3) is 5.57 Å². The van der Waals surface area contributed by atoms with Gasteiger partial charge in [0.15, 0.2) is 0 Å². The summed E-state index contributed by atoms with van der Waals surface area (Å²) in [5.74, 6) is -0.699. The van der Waals surface area contributed by atoms with Crippen molar-refractivity contribution in [3.63, 3.8) is 0 Å². The van der Waals surface area contributed by atoms with Crippen LogP contribution in [0.1, 0.15) is 22.3 Å². The molecule has 0 radical (unpaired) electrons. The van der Waals surface area contributed by atoms with Gasteiger partial charge in [-0.15, -0.1) is 0 Å². The van der Waals surface area contributed by atoms with Gasteiger partial charge in [0, 0.05) is 23.1 Å². The molecule has 1 aliphatic rings. The second-order valence-electron chi connectivity index (χ2n) is 7.25. The van der Waals surface area contributed by atoms with Gasteiger partial charge in [0.05, 0.1) is 12.1 Å². The van der Waals surface area contributed by atoms with Crippen LogP contribution in [0.15, 0.2) is 72.7 Å². The first-order chi connectivity index (χ1) is 14.4. The zero-order chi connectivity index (χ0) is 21.3. The Morgan fingerprint density at radius 3 is 2.33 bits per heavy atom. The summed E-state index contributed by atoms with van der Waals surface area (Å²) in [5, 5.41) is 3.73. The fourth-order valence-electron chi connectivity index (χ4n) is 3.36. The number of aromatic nitrogens is 1. The van der Waals surface area contributed by atoms with E-state index >= 15 is 0 Å². The predicted octanol–water partition coefficient (Wildman–Crippen LogP) is 4.74. The van der Waals surface area contributed by atoms with E-state index in [1.54, 1.807) is 36.7 Å². The summed E-state index contributed by atoms with van der Waals surface area (Å²) in [7, 11) is 0. The van der Waals surface area contributed by atoms with E-state index in [-0.39, 0.29) is 24.1 Å². The molecule has 0 spiro atoms. The molecule has 150 valence electrons.